The van der Waals surface area contributed by atoms with Crippen LogP contribution in [0.3, 0.4) is 0 Å². The minimum atomic E-state index is -1.05. The van der Waals surface area contributed by atoms with Crippen molar-refractivity contribution < 1.29 is 14.3 Å². The van der Waals surface area contributed by atoms with Gasteiger partial charge in [-0.15, -0.1) is 0 Å². The largest absolute Gasteiger partial charge is 0.476 e. The number of fused-ring (bicyclic) bond motifs is 1. The van der Waals surface area contributed by atoms with Crippen LogP contribution in [0.1, 0.15) is 31.1 Å². The number of hydrogen-bond donors (Lipinski definition) is 0. The zero-order valence-corrected chi connectivity index (χ0v) is 14.5. The van der Waals surface area contributed by atoms with Gasteiger partial charge in [0, 0.05) is 10.6 Å². The Morgan fingerprint density at radius 1 is 1.17 bits per heavy atom. The van der Waals surface area contributed by atoms with E-state index in [2.05, 4.69) is 0 Å². The van der Waals surface area contributed by atoms with Crippen molar-refractivity contribution in [2.45, 2.75) is 32.4 Å². The molecule has 1 aliphatic heterocycles. The van der Waals surface area contributed by atoms with E-state index >= 15 is 0 Å². The first-order valence-electron chi connectivity index (χ1n) is 7.73. The number of hydrogen-bond acceptors (Lipinski definition) is 3. The first-order chi connectivity index (χ1) is 11.3. The van der Waals surface area contributed by atoms with E-state index in [9.17, 15) is 9.59 Å². The normalized spacial score (nSPS) is 17.0. The molecule has 0 aliphatic carbocycles. The molecule has 4 nitrogen and oxygen atoms in total. The van der Waals surface area contributed by atoms with Crippen LogP contribution in [0.4, 0.5) is 5.69 Å². The van der Waals surface area contributed by atoms with Crippen LogP contribution < -0.4 is 9.64 Å². The number of ether oxygens (including phenoxy) is 1. The van der Waals surface area contributed by atoms with Crippen LogP contribution >= 0.6 is 11.6 Å². The molecule has 0 fully saturated rings. The lowest BCUT2D eigenvalue weighted by Gasteiger charge is -2.41. The molecule has 1 heterocycles. The summed E-state index contributed by atoms with van der Waals surface area (Å²) in [6.45, 7) is 5.11. The number of Topliss-reactive ketones (excluding diaryl/α,β-unsaturated/α-hetero) is 1. The van der Waals surface area contributed by atoms with Gasteiger partial charge >= 0.3 is 0 Å². The highest BCUT2D eigenvalue weighted by molar-refractivity contribution is 6.31. The van der Waals surface area contributed by atoms with Crippen LogP contribution in [0.25, 0.3) is 0 Å². The van der Waals surface area contributed by atoms with Crippen molar-refractivity contribution >= 4 is 29.0 Å². The summed E-state index contributed by atoms with van der Waals surface area (Å²) in [7, 11) is 0. The van der Waals surface area contributed by atoms with Crippen molar-refractivity contribution in [3.05, 3.63) is 59.1 Å². The average molecular weight is 344 g/mol. The van der Waals surface area contributed by atoms with E-state index < -0.39 is 11.6 Å². The fraction of sp³-hybridized carbons (Fsp3) is 0.263. The highest BCUT2D eigenvalue weighted by Gasteiger charge is 2.44. The van der Waals surface area contributed by atoms with E-state index in [0.29, 0.717) is 22.0 Å². The number of anilines is 1. The molecule has 2 aromatic rings. The average Bonchev–Trinajstić information content (AvgIpc) is 2.56. The Morgan fingerprint density at radius 3 is 2.50 bits per heavy atom. The van der Waals surface area contributed by atoms with Gasteiger partial charge in [0.15, 0.2) is 11.4 Å². The third kappa shape index (κ3) is 2.78. The maximum atomic E-state index is 12.9. The van der Waals surface area contributed by atoms with Crippen molar-refractivity contribution in [3.63, 3.8) is 0 Å². The Labute approximate surface area is 146 Å². The molecule has 1 aliphatic rings. The summed E-state index contributed by atoms with van der Waals surface area (Å²) < 4.78 is 5.79. The molecule has 0 saturated heterocycles. The number of carbonyl (C=O) groups is 2. The Morgan fingerprint density at radius 2 is 1.83 bits per heavy atom. The monoisotopic (exact) mass is 343 g/mol. The minimum Gasteiger partial charge on any atom is -0.476 e. The molecule has 0 saturated carbocycles. The van der Waals surface area contributed by atoms with Crippen molar-refractivity contribution in [2.75, 3.05) is 4.90 Å². The van der Waals surface area contributed by atoms with Gasteiger partial charge in [-0.3, -0.25) is 14.5 Å². The number of amides is 1. The van der Waals surface area contributed by atoms with Gasteiger partial charge < -0.3 is 4.74 Å². The van der Waals surface area contributed by atoms with E-state index in [1.807, 2.05) is 6.07 Å². The molecule has 1 unspecified atom stereocenters. The van der Waals surface area contributed by atoms with Crippen molar-refractivity contribution in [2.24, 2.45) is 0 Å². The molecule has 5 heteroatoms. The van der Waals surface area contributed by atoms with E-state index in [1.165, 1.54) is 4.90 Å². The zero-order valence-electron chi connectivity index (χ0n) is 13.7. The standard InChI is InChI=1S/C19H18ClNO3/c1-12(17(22)13-7-5-4-6-8-13)21-15-11-14(20)9-10-16(15)24-19(2,3)18(21)23/h4-12H,1-3H3. The van der Waals surface area contributed by atoms with Gasteiger partial charge in [0.1, 0.15) is 5.75 Å². The van der Waals surface area contributed by atoms with Gasteiger partial charge in [-0.2, -0.15) is 0 Å². The van der Waals surface area contributed by atoms with E-state index in [-0.39, 0.29) is 11.7 Å². The summed E-state index contributed by atoms with van der Waals surface area (Å²) in [6, 6.07) is 13.3. The van der Waals surface area contributed by atoms with Crippen molar-refractivity contribution in [1.29, 1.82) is 0 Å². The lowest BCUT2D eigenvalue weighted by molar-refractivity contribution is -0.133. The van der Waals surface area contributed by atoms with Crippen LogP contribution in [-0.4, -0.2) is 23.3 Å². The molecule has 0 bridgehead atoms. The van der Waals surface area contributed by atoms with E-state index in [4.69, 9.17) is 16.3 Å². The second-order valence-corrected chi connectivity index (χ2v) is 6.74. The predicted molar refractivity (Wildman–Crippen MR) is 93.9 cm³/mol. The summed E-state index contributed by atoms with van der Waals surface area (Å²) in [5, 5.41) is 0.481. The Hall–Kier alpha value is -2.33. The number of nitrogens with zero attached hydrogens (tertiary/aromatic N) is 1. The molecule has 124 valence electrons. The third-order valence-corrected chi connectivity index (χ3v) is 4.34. The lowest BCUT2D eigenvalue weighted by Crippen LogP contribution is -2.57. The molecule has 1 amide bonds. The van der Waals surface area contributed by atoms with Gasteiger partial charge in [-0.25, -0.2) is 0 Å². The number of carbonyl (C=O) groups excluding carboxylic acids is 2. The fourth-order valence-corrected chi connectivity index (χ4v) is 2.99. The minimum absolute atomic E-state index is 0.132. The molecule has 0 aromatic heterocycles. The second-order valence-electron chi connectivity index (χ2n) is 6.31. The van der Waals surface area contributed by atoms with Gasteiger partial charge in [-0.1, -0.05) is 41.9 Å². The van der Waals surface area contributed by atoms with Gasteiger partial charge in [0.2, 0.25) is 0 Å². The van der Waals surface area contributed by atoms with Crippen LogP contribution in [0.5, 0.6) is 5.75 Å². The van der Waals surface area contributed by atoms with Crippen molar-refractivity contribution in [3.8, 4) is 5.75 Å². The maximum absolute atomic E-state index is 12.9. The van der Waals surface area contributed by atoms with Crippen molar-refractivity contribution in [1.82, 2.24) is 0 Å². The molecule has 0 radical (unpaired) electrons. The topological polar surface area (TPSA) is 46.6 Å². The first kappa shape index (κ1) is 16.5. The number of halogens is 1. The number of rotatable bonds is 3. The molecule has 3 rings (SSSR count). The predicted octanol–water partition coefficient (Wildman–Crippen LogP) is 4.12. The summed E-state index contributed by atoms with van der Waals surface area (Å²) in [5.74, 6) is 0.137. The summed E-state index contributed by atoms with van der Waals surface area (Å²) >= 11 is 6.08. The Balaban J connectivity index is 2.06. The molecule has 1 atom stereocenters. The first-order valence-corrected chi connectivity index (χ1v) is 8.10. The van der Waals surface area contributed by atoms with Gasteiger partial charge in [0.05, 0.1) is 11.7 Å². The number of ketones is 1. The lowest BCUT2D eigenvalue weighted by atomic mass is 9.98. The molecule has 2 aromatic carbocycles. The van der Waals surface area contributed by atoms with Crippen LogP contribution in [0.2, 0.25) is 5.02 Å². The number of benzene rings is 2. The SMILES string of the molecule is CC(C(=O)c1ccccc1)N1C(=O)C(C)(C)Oc2ccc(Cl)cc21. The molecule has 0 spiro atoms. The van der Waals surface area contributed by atoms with Gasteiger partial charge in [0.25, 0.3) is 5.91 Å². The summed E-state index contributed by atoms with van der Waals surface area (Å²) in [6.07, 6.45) is 0. The Bertz CT molecular complexity index is 802. The second kappa shape index (κ2) is 5.95. The molecular weight excluding hydrogens is 326 g/mol. The van der Waals surface area contributed by atoms with Gasteiger partial charge in [-0.05, 0) is 39.0 Å². The zero-order chi connectivity index (χ0) is 17.5. The van der Waals surface area contributed by atoms with Crippen LogP contribution in [0, 0.1) is 0 Å². The quantitative estimate of drug-likeness (QED) is 0.788. The van der Waals surface area contributed by atoms with Crippen LogP contribution in [-0.2, 0) is 4.79 Å². The summed E-state index contributed by atoms with van der Waals surface area (Å²) in [5.41, 5.74) is 0.0285. The maximum Gasteiger partial charge on any atom is 0.271 e. The fourth-order valence-electron chi connectivity index (χ4n) is 2.83. The third-order valence-electron chi connectivity index (χ3n) is 4.10. The molecule has 24 heavy (non-hydrogen) atoms. The molecular formula is C19H18ClNO3. The molecule has 0 N–H and O–H groups in total. The van der Waals surface area contributed by atoms with E-state index in [0.717, 1.165) is 0 Å². The smallest absolute Gasteiger partial charge is 0.271 e. The highest BCUT2D eigenvalue weighted by Crippen LogP contribution is 2.40. The van der Waals surface area contributed by atoms with E-state index in [1.54, 1.807) is 63.2 Å². The summed E-state index contributed by atoms with van der Waals surface area (Å²) in [4.78, 5) is 27.2. The Kier molecular flexibility index (Phi) is 4.10. The highest BCUT2D eigenvalue weighted by atomic mass is 35.5. The van der Waals surface area contributed by atoms with Crippen LogP contribution in [0.15, 0.2) is 48.5 Å².